The SMILES string of the molecule is CC(Cl)CCCNCc1ccc(F)cc1Br. The van der Waals surface area contributed by atoms with E-state index in [2.05, 4.69) is 21.2 Å². The molecule has 0 saturated heterocycles. The van der Waals surface area contributed by atoms with Gasteiger partial charge in [0.05, 0.1) is 0 Å². The summed E-state index contributed by atoms with van der Waals surface area (Å²) in [7, 11) is 0. The molecule has 90 valence electrons. The molecule has 1 atom stereocenters. The first-order valence-electron chi connectivity index (χ1n) is 5.38. The van der Waals surface area contributed by atoms with E-state index in [1.165, 1.54) is 12.1 Å². The van der Waals surface area contributed by atoms with Crippen LogP contribution in [-0.4, -0.2) is 11.9 Å². The summed E-state index contributed by atoms with van der Waals surface area (Å²) in [4.78, 5) is 0. The topological polar surface area (TPSA) is 12.0 Å². The molecule has 1 aromatic rings. The second-order valence-electron chi connectivity index (χ2n) is 3.84. The van der Waals surface area contributed by atoms with Gasteiger partial charge in [0.25, 0.3) is 0 Å². The number of hydrogen-bond donors (Lipinski definition) is 1. The fraction of sp³-hybridized carbons (Fsp3) is 0.500. The van der Waals surface area contributed by atoms with Gasteiger partial charge in [0.15, 0.2) is 0 Å². The Bertz CT molecular complexity index is 331. The maximum atomic E-state index is 12.8. The minimum atomic E-state index is -0.216. The lowest BCUT2D eigenvalue weighted by Crippen LogP contribution is -2.15. The number of benzene rings is 1. The van der Waals surface area contributed by atoms with Crippen LogP contribution in [0.2, 0.25) is 0 Å². The highest BCUT2D eigenvalue weighted by Gasteiger charge is 2.01. The zero-order chi connectivity index (χ0) is 12.0. The number of hydrogen-bond acceptors (Lipinski definition) is 1. The lowest BCUT2D eigenvalue weighted by Gasteiger charge is -2.07. The predicted octanol–water partition coefficient (Wildman–Crippen LogP) is 4.09. The minimum absolute atomic E-state index is 0.216. The highest BCUT2D eigenvalue weighted by molar-refractivity contribution is 9.10. The molecule has 0 bridgehead atoms. The molecule has 1 unspecified atom stereocenters. The molecule has 1 N–H and O–H groups in total. The van der Waals surface area contributed by atoms with Crippen LogP contribution in [0.3, 0.4) is 0 Å². The van der Waals surface area contributed by atoms with Gasteiger partial charge in [-0.1, -0.05) is 22.0 Å². The Balaban J connectivity index is 2.27. The molecule has 0 spiro atoms. The summed E-state index contributed by atoms with van der Waals surface area (Å²) in [5.41, 5.74) is 1.07. The van der Waals surface area contributed by atoms with E-state index in [1.807, 2.05) is 6.92 Å². The molecule has 0 aliphatic heterocycles. The summed E-state index contributed by atoms with van der Waals surface area (Å²) < 4.78 is 13.6. The second-order valence-corrected chi connectivity index (χ2v) is 5.43. The van der Waals surface area contributed by atoms with Crippen molar-refractivity contribution in [1.29, 1.82) is 0 Å². The zero-order valence-electron chi connectivity index (χ0n) is 9.27. The highest BCUT2D eigenvalue weighted by atomic mass is 79.9. The summed E-state index contributed by atoms with van der Waals surface area (Å²) in [5.74, 6) is -0.216. The molecule has 1 aromatic carbocycles. The Morgan fingerprint density at radius 3 is 2.88 bits per heavy atom. The van der Waals surface area contributed by atoms with E-state index >= 15 is 0 Å². The largest absolute Gasteiger partial charge is 0.313 e. The van der Waals surface area contributed by atoms with Crippen LogP contribution in [0.5, 0.6) is 0 Å². The summed E-state index contributed by atoms with van der Waals surface area (Å²) in [6, 6.07) is 4.75. The summed E-state index contributed by atoms with van der Waals surface area (Å²) in [6.45, 7) is 3.68. The first-order chi connectivity index (χ1) is 7.59. The smallest absolute Gasteiger partial charge is 0.124 e. The van der Waals surface area contributed by atoms with Crippen molar-refractivity contribution >= 4 is 27.5 Å². The zero-order valence-corrected chi connectivity index (χ0v) is 11.6. The van der Waals surface area contributed by atoms with Gasteiger partial charge in [-0.05, 0) is 44.0 Å². The van der Waals surface area contributed by atoms with Gasteiger partial charge in [0, 0.05) is 16.4 Å². The van der Waals surface area contributed by atoms with Gasteiger partial charge < -0.3 is 5.32 Å². The Kier molecular flexibility index (Phi) is 6.32. The first-order valence-corrected chi connectivity index (χ1v) is 6.61. The summed E-state index contributed by atoms with van der Waals surface area (Å²) in [5, 5.41) is 3.54. The monoisotopic (exact) mass is 307 g/mol. The molecule has 0 aliphatic rings. The third kappa shape index (κ3) is 5.28. The van der Waals surface area contributed by atoms with Gasteiger partial charge >= 0.3 is 0 Å². The number of halogens is 3. The highest BCUT2D eigenvalue weighted by Crippen LogP contribution is 2.17. The van der Waals surface area contributed by atoms with E-state index in [0.717, 1.165) is 36.0 Å². The molecule has 0 fully saturated rings. The molecule has 0 radical (unpaired) electrons. The van der Waals surface area contributed by atoms with E-state index in [1.54, 1.807) is 6.07 Å². The van der Waals surface area contributed by atoms with Crippen LogP contribution < -0.4 is 5.32 Å². The third-order valence-electron chi connectivity index (χ3n) is 2.29. The van der Waals surface area contributed by atoms with Gasteiger partial charge in [-0.3, -0.25) is 0 Å². The quantitative estimate of drug-likeness (QED) is 0.616. The molecule has 16 heavy (non-hydrogen) atoms. The average Bonchev–Trinajstić information content (AvgIpc) is 2.20. The van der Waals surface area contributed by atoms with Crippen LogP contribution in [0, 0.1) is 5.82 Å². The first kappa shape index (κ1) is 13.9. The molecule has 1 nitrogen and oxygen atoms in total. The molecular formula is C12H16BrClFN. The van der Waals surface area contributed by atoms with Crippen molar-refractivity contribution in [2.45, 2.75) is 31.7 Å². The van der Waals surface area contributed by atoms with Crippen molar-refractivity contribution in [3.63, 3.8) is 0 Å². The number of rotatable bonds is 6. The third-order valence-corrected chi connectivity index (χ3v) is 3.24. The standard InChI is InChI=1S/C12H16BrClFN/c1-9(14)3-2-6-16-8-10-4-5-11(15)7-12(10)13/h4-5,7,9,16H,2-3,6,8H2,1H3. The Morgan fingerprint density at radius 1 is 1.50 bits per heavy atom. The maximum Gasteiger partial charge on any atom is 0.124 e. The normalized spacial score (nSPS) is 12.8. The van der Waals surface area contributed by atoms with E-state index in [4.69, 9.17) is 11.6 Å². The Morgan fingerprint density at radius 2 is 2.25 bits per heavy atom. The number of nitrogens with one attached hydrogen (secondary N) is 1. The van der Waals surface area contributed by atoms with Crippen LogP contribution in [0.1, 0.15) is 25.3 Å². The van der Waals surface area contributed by atoms with Crippen molar-refractivity contribution in [3.8, 4) is 0 Å². The van der Waals surface area contributed by atoms with Crippen LogP contribution in [-0.2, 0) is 6.54 Å². The van der Waals surface area contributed by atoms with Crippen LogP contribution in [0.4, 0.5) is 4.39 Å². The van der Waals surface area contributed by atoms with Gasteiger partial charge in [0.1, 0.15) is 5.82 Å². The maximum absolute atomic E-state index is 12.8. The van der Waals surface area contributed by atoms with Crippen molar-refractivity contribution < 1.29 is 4.39 Å². The molecule has 0 aromatic heterocycles. The molecule has 4 heteroatoms. The van der Waals surface area contributed by atoms with Crippen LogP contribution >= 0.6 is 27.5 Å². The fourth-order valence-corrected chi connectivity index (χ4v) is 2.04. The van der Waals surface area contributed by atoms with E-state index in [0.29, 0.717) is 0 Å². The Hall–Kier alpha value is -0.120. The van der Waals surface area contributed by atoms with E-state index in [-0.39, 0.29) is 11.2 Å². The molecule has 0 saturated carbocycles. The lowest BCUT2D eigenvalue weighted by atomic mass is 10.2. The average molecular weight is 309 g/mol. The fourth-order valence-electron chi connectivity index (χ4n) is 1.40. The Labute approximate surface area is 110 Å². The van der Waals surface area contributed by atoms with Crippen LogP contribution in [0.15, 0.2) is 22.7 Å². The lowest BCUT2D eigenvalue weighted by molar-refractivity contribution is 0.611. The van der Waals surface area contributed by atoms with Crippen molar-refractivity contribution in [1.82, 2.24) is 5.32 Å². The van der Waals surface area contributed by atoms with Gasteiger partial charge in [0.2, 0.25) is 0 Å². The number of alkyl halides is 1. The molecule has 1 rings (SSSR count). The van der Waals surface area contributed by atoms with Gasteiger partial charge in [-0.25, -0.2) is 4.39 Å². The van der Waals surface area contributed by atoms with Gasteiger partial charge in [-0.2, -0.15) is 0 Å². The summed E-state index contributed by atoms with van der Waals surface area (Å²) in [6.07, 6.45) is 2.07. The van der Waals surface area contributed by atoms with Crippen molar-refractivity contribution in [3.05, 3.63) is 34.1 Å². The van der Waals surface area contributed by atoms with Crippen molar-refractivity contribution in [2.24, 2.45) is 0 Å². The summed E-state index contributed by atoms with van der Waals surface area (Å²) >= 11 is 9.18. The van der Waals surface area contributed by atoms with Gasteiger partial charge in [-0.15, -0.1) is 11.6 Å². The predicted molar refractivity (Wildman–Crippen MR) is 70.4 cm³/mol. The molecule has 0 amide bonds. The molecular weight excluding hydrogens is 292 g/mol. The van der Waals surface area contributed by atoms with E-state index in [9.17, 15) is 4.39 Å². The van der Waals surface area contributed by atoms with Crippen molar-refractivity contribution in [2.75, 3.05) is 6.54 Å². The molecule has 0 heterocycles. The second kappa shape index (κ2) is 7.25. The minimum Gasteiger partial charge on any atom is -0.313 e. The molecule has 0 aliphatic carbocycles. The van der Waals surface area contributed by atoms with Crippen LogP contribution in [0.25, 0.3) is 0 Å². The van der Waals surface area contributed by atoms with E-state index < -0.39 is 0 Å².